The van der Waals surface area contributed by atoms with Gasteiger partial charge in [0.25, 0.3) is 5.91 Å². The second kappa shape index (κ2) is 9.85. The minimum absolute atomic E-state index is 0.0378. The Labute approximate surface area is 189 Å². The van der Waals surface area contributed by atoms with Gasteiger partial charge in [0.15, 0.2) is 16.4 Å². The van der Waals surface area contributed by atoms with Gasteiger partial charge in [0, 0.05) is 12.6 Å². The van der Waals surface area contributed by atoms with Crippen LogP contribution in [0.2, 0.25) is 0 Å². The average Bonchev–Trinajstić information content (AvgIpc) is 3.22. The summed E-state index contributed by atoms with van der Waals surface area (Å²) >= 11 is 0. The predicted molar refractivity (Wildman–Crippen MR) is 121 cm³/mol. The van der Waals surface area contributed by atoms with Gasteiger partial charge in [0.2, 0.25) is 0 Å². The van der Waals surface area contributed by atoms with Gasteiger partial charge in [0.1, 0.15) is 5.56 Å². The van der Waals surface area contributed by atoms with E-state index in [1.54, 1.807) is 23.4 Å². The van der Waals surface area contributed by atoms with Crippen molar-refractivity contribution in [2.45, 2.75) is 46.7 Å². The average molecular weight is 462 g/mol. The molecule has 0 aliphatic carbocycles. The van der Waals surface area contributed by atoms with E-state index in [-0.39, 0.29) is 29.4 Å². The summed E-state index contributed by atoms with van der Waals surface area (Å²) in [5.41, 5.74) is 2.62. The number of amides is 1. The van der Waals surface area contributed by atoms with Gasteiger partial charge in [-0.3, -0.25) is 9.48 Å². The summed E-state index contributed by atoms with van der Waals surface area (Å²) < 4.78 is 30.9. The highest BCUT2D eigenvalue weighted by molar-refractivity contribution is 7.91. The van der Waals surface area contributed by atoms with Crippen molar-refractivity contribution in [3.8, 4) is 0 Å². The number of nitrogens with zero attached hydrogens (tertiary/aromatic N) is 3. The molecule has 0 N–H and O–H groups in total. The molecular formula is C23H31N3O5S. The van der Waals surface area contributed by atoms with Gasteiger partial charge >= 0.3 is 5.97 Å². The van der Waals surface area contributed by atoms with Crippen LogP contribution in [-0.4, -0.2) is 65.7 Å². The molecule has 2 aromatic rings. The van der Waals surface area contributed by atoms with Crippen molar-refractivity contribution in [2.75, 3.05) is 24.7 Å². The number of hydrogen-bond donors (Lipinski definition) is 0. The van der Waals surface area contributed by atoms with E-state index in [0.717, 1.165) is 5.56 Å². The lowest BCUT2D eigenvalue weighted by atomic mass is 10.1. The zero-order valence-corrected chi connectivity index (χ0v) is 19.9. The monoisotopic (exact) mass is 461 g/mol. The van der Waals surface area contributed by atoms with Crippen molar-refractivity contribution in [2.24, 2.45) is 5.92 Å². The number of carbonyl (C=O) groups is 2. The predicted octanol–water partition coefficient (Wildman–Crippen LogP) is 2.38. The van der Waals surface area contributed by atoms with E-state index in [4.69, 9.17) is 4.74 Å². The minimum Gasteiger partial charge on any atom is -0.452 e. The number of hydrogen-bond acceptors (Lipinski definition) is 6. The van der Waals surface area contributed by atoms with Gasteiger partial charge < -0.3 is 9.64 Å². The van der Waals surface area contributed by atoms with Crippen molar-refractivity contribution >= 4 is 21.7 Å². The maximum absolute atomic E-state index is 12.9. The van der Waals surface area contributed by atoms with E-state index in [1.807, 2.05) is 44.2 Å². The largest absolute Gasteiger partial charge is 0.452 e. The van der Waals surface area contributed by atoms with Crippen LogP contribution in [0.5, 0.6) is 0 Å². The standard InChI is InChI=1S/C23H31N3O5S/c1-16(2)12-25(20-10-11-32(29,30)15-20)21(27)14-31-23(28)22-17(3)24-26(18(22)4)13-19-8-6-5-7-9-19/h5-9,16,20H,10-15H2,1-4H3. The summed E-state index contributed by atoms with van der Waals surface area (Å²) in [7, 11) is -3.13. The highest BCUT2D eigenvalue weighted by Gasteiger charge is 2.35. The first-order valence-corrected chi connectivity index (χ1v) is 12.6. The normalized spacial score (nSPS) is 17.5. The Hall–Kier alpha value is -2.68. The quantitative estimate of drug-likeness (QED) is 0.560. The van der Waals surface area contributed by atoms with Crippen molar-refractivity contribution < 1.29 is 22.7 Å². The molecule has 1 aromatic carbocycles. The molecule has 1 saturated heterocycles. The van der Waals surface area contributed by atoms with Crippen molar-refractivity contribution in [3.05, 3.63) is 52.8 Å². The number of ether oxygens (including phenoxy) is 1. The van der Waals surface area contributed by atoms with E-state index in [9.17, 15) is 18.0 Å². The van der Waals surface area contributed by atoms with Gasteiger partial charge in [-0.05, 0) is 31.7 Å². The molecule has 1 atom stereocenters. The summed E-state index contributed by atoms with van der Waals surface area (Å²) in [5.74, 6) is -0.765. The van der Waals surface area contributed by atoms with Crippen LogP contribution in [-0.2, 0) is 25.9 Å². The number of carbonyl (C=O) groups excluding carboxylic acids is 2. The maximum atomic E-state index is 12.9. The van der Waals surface area contributed by atoms with Gasteiger partial charge in [-0.1, -0.05) is 44.2 Å². The lowest BCUT2D eigenvalue weighted by Crippen LogP contribution is -2.45. The highest BCUT2D eigenvalue weighted by atomic mass is 32.2. The molecule has 2 heterocycles. The molecule has 0 spiro atoms. The van der Waals surface area contributed by atoms with Crippen LogP contribution < -0.4 is 0 Å². The molecule has 1 aliphatic heterocycles. The molecule has 0 saturated carbocycles. The van der Waals surface area contributed by atoms with Crippen LogP contribution in [0.3, 0.4) is 0 Å². The molecule has 174 valence electrons. The molecule has 1 fully saturated rings. The molecule has 9 heteroatoms. The number of aryl methyl sites for hydroxylation is 1. The van der Waals surface area contributed by atoms with Gasteiger partial charge in [-0.2, -0.15) is 5.10 Å². The van der Waals surface area contributed by atoms with Crippen LogP contribution in [0.15, 0.2) is 30.3 Å². The third kappa shape index (κ3) is 5.76. The first-order valence-electron chi connectivity index (χ1n) is 10.8. The molecular weight excluding hydrogens is 430 g/mol. The molecule has 3 rings (SSSR count). The molecule has 1 aliphatic rings. The molecule has 0 bridgehead atoms. The third-order valence-electron chi connectivity index (χ3n) is 5.62. The summed E-state index contributed by atoms with van der Waals surface area (Å²) in [5, 5.41) is 4.46. The molecule has 0 radical (unpaired) electrons. The molecule has 8 nitrogen and oxygen atoms in total. The number of sulfone groups is 1. The molecule has 1 aromatic heterocycles. The van der Waals surface area contributed by atoms with E-state index < -0.39 is 22.4 Å². The first-order chi connectivity index (χ1) is 15.1. The van der Waals surface area contributed by atoms with Crippen LogP contribution in [0.25, 0.3) is 0 Å². The van der Waals surface area contributed by atoms with Gasteiger partial charge in [-0.25, -0.2) is 13.2 Å². The Bertz CT molecular complexity index is 1080. The summed E-state index contributed by atoms with van der Waals surface area (Å²) in [4.78, 5) is 27.2. The van der Waals surface area contributed by atoms with Crippen LogP contribution >= 0.6 is 0 Å². The Kier molecular flexibility index (Phi) is 7.38. The summed E-state index contributed by atoms with van der Waals surface area (Å²) in [6.45, 7) is 7.98. The van der Waals surface area contributed by atoms with Gasteiger partial charge in [0.05, 0.1) is 29.4 Å². The second-order valence-electron chi connectivity index (χ2n) is 8.76. The van der Waals surface area contributed by atoms with Gasteiger partial charge in [-0.15, -0.1) is 0 Å². The topological polar surface area (TPSA) is 98.6 Å². The van der Waals surface area contributed by atoms with E-state index in [1.165, 1.54) is 0 Å². The zero-order valence-electron chi connectivity index (χ0n) is 19.1. The lowest BCUT2D eigenvalue weighted by Gasteiger charge is -2.29. The fraction of sp³-hybridized carbons (Fsp3) is 0.522. The highest BCUT2D eigenvalue weighted by Crippen LogP contribution is 2.20. The Balaban J connectivity index is 1.68. The number of benzene rings is 1. The Morgan fingerprint density at radius 3 is 2.50 bits per heavy atom. The number of rotatable bonds is 8. The van der Waals surface area contributed by atoms with Crippen molar-refractivity contribution in [1.82, 2.24) is 14.7 Å². The Morgan fingerprint density at radius 2 is 1.91 bits per heavy atom. The van der Waals surface area contributed by atoms with Crippen LogP contribution in [0.1, 0.15) is 47.6 Å². The molecule has 32 heavy (non-hydrogen) atoms. The lowest BCUT2D eigenvalue weighted by molar-refractivity contribution is -0.137. The summed E-state index contributed by atoms with van der Waals surface area (Å²) in [6, 6.07) is 9.43. The van der Waals surface area contributed by atoms with Crippen molar-refractivity contribution in [3.63, 3.8) is 0 Å². The van der Waals surface area contributed by atoms with E-state index >= 15 is 0 Å². The van der Waals surface area contributed by atoms with Crippen molar-refractivity contribution in [1.29, 1.82) is 0 Å². The van der Waals surface area contributed by atoms with E-state index in [2.05, 4.69) is 5.10 Å². The zero-order chi connectivity index (χ0) is 23.5. The first kappa shape index (κ1) is 24.0. The van der Waals surface area contributed by atoms with Crippen LogP contribution in [0.4, 0.5) is 0 Å². The second-order valence-corrected chi connectivity index (χ2v) is 11.0. The summed E-state index contributed by atoms with van der Waals surface area (Å²) in [6.07, 6.45) is 0.416. The minimum atomic E-state index is -3.13. The molecule has 1 unspecified atom stereocenters. The Morgan fingerprint density at radius 1 is 1.22 bits per heavy atom. The van der Waals surface area contributed by atoms with E-state index in [0.29, 0.717) is 36.5 Å². The maximum Gasteiger partial charge on any atom is 0.342 e. The SMILES string of the molecule is Cc1nn(Cc2ccccc2)c(C)c1C(=O)OCC(=O)N(CC(C)C)C1CCS(=O)(=O)C1. The molecule has 1 amide bonds. The number of esters is 1. The number of aromatic nitrogens is 2. The smallest absolute Gasteiger partial charge is 0.342 e. The third-order valence-corrected chi connectivity index (χ3v) is 7.37. The fourth-order valence-electron chi connectivity index (χ4n) is 4.05. The van der Waals surface area contributed by atoms with Crippen LogP contribution in [0, 0.1) is 19.8 Å². The fourth-order valence-corrected chi connectivity index (χ4v) is 5.78.